The van der Waals surface area contributed by atoms with Crippen molar-refractivity contribution < 1.29 is 50.2 Å². The van der Waals surface area contributed by atoms with Crippen molar-refractivity contribution in [1.29, 1.82) is 0 Å². The largest absolute Gasteiger partial charge is 0.488 e. The Hall–Kier alpha value is -4.26. The van der Waals surface area contributed by atoms with Gasteiger partial charge in [0.15, 0.2) is 0 Å². The number of ether oxygens (including phenoxy) is 2. The molecule has 2 aliphatic heterocycles. The second-order valence-corrected chi connectivity index (χ2v) is 19.9. The van der Waals surface area contributed by atoms with Gasteiger partial charge in [-0.1, -0.05) is 32.4 Å². The van der Waals surface area contributed by atoms with Crippen molar-refractivity contribution in [1.82, 2.24) is 30.2 Å². The first-order chi connectivity index (χ1) is 27.1. The lowest BCUT2D eigenvalue weighted by Gasteiger charge is -2.35. The van der Waals surface area contributed by atoms with E-state index >= 15 is 0 Å². The van der Waals surface area contributed by atoms with Gasteiger partial charge >= 0.3 is 12.3 Å². The maximum atomic E-state index is 14.8. The fraction of sp³-hybridized carbons (Fsp3) is 0.641. The summed E-state index contributed by atoms with van der Waals surface area (Å²) in [6.07, 6.45) is 0.764. The number of pyridine rings is 1. The first-order valence-corrected chi connectivity index (χ1v) is 21.9. The summed E-state index contributed by atoms with van der Waals surface area (Å²) in [5, 5.41) is 7.77. The van der Waals surface area contributed by atoms with Crippen molar-refractivity contribution in [3.05, 3.63) is 41.6 Å². The third-order valence-electron chi connectivity index (χ3n) is 11.8. The van der Waals surface area contributed by atoms with E-state index in [2.05, 4.69) is 25.3 Å². The van der Waals surface area contributed by atoms with Crippen LogP contribution in [-0.2, 0) is 29.1 Å². The number of alkyl halides is 3. The molecule has 1 saturated heterocycles. The minimum atomic E-state index is -4.91. The molecule has 0 unspecified atom stereocenters. The minimum Gasteiger partial charge on any atom is -0.488 e. The van der Waals surface area contributed by atoms with Crippen LogP contribution in [-0.4, -0.2) is 93.9 Å². The highest BCUT2D eigenvalue weighted by atomic mass is 32.2. The number of hydrogen-bond donors (Lipinski definition) is 3. The molecule has 318 valence electrons. The Bertz CT molecular complexity index is 2050. The number of carbonyl (C=O) groups excluding carboxylic acids is 4. The van der Waals surface area contributed by atoms with Crippen LogP contribution in [0.3, 0.4) is 0 Å². The van der Waals surface area contributed by atoms with Gasteiger partial charge < -0.3 is 25.0 Å². The zero-order valence-electron chi connectivity index (χ0n) is 33.4. The number of halogens is 3. The van der Waals surface area contributed by atoms with Crippen molar-refractivity contribution >= 4 is 45.2 Å². The van der Waals surface area contributed by atoms with Crippen LogP contribution in [0.5, 0.6) is 5.75 Å². The van der Waals surface area contributed by atoms with Crippen LogP contribution in [0.15, 0.2) is 35.9 Å². The van der Waals surface area contributed by atoms with Crippen LogP contribution in [0.1, 0.15) is 91.7 Å². The van der Waals surface area contributed by atoms with E-state index in [0.29, 0.717) is 68.8 Å². The van der Waals surface area contributed by atoms with Crippen molar-refractivity contribution in [3.8, 4) is 16.5 Å². The number of alkyl carbamates (subject to hydrolysis) is 1. The van der Waals surface area contributed by atoms with Gasteiger partial charge in [0.25, 0.3) is 5.91 Å². The summed E-state index contributed by atoms with van der Waals surface area (Å²) < 4.78 is 80.0. The number of nitrogens with one attached hydrogen (secondary N) is 3. The van der Waals surface area contributed by atoms with Gasteiger partial charge in [0.1, 0.15) is 40.2 Å². The van der Waals surface area contributed by atoms with Crippen molar-refractivity contribution in [2.24, 2.45) is 17.8 Å². The maximum absolute atomic E-state index is 14.8. The molecule has 2 saturated carbocycles. The fourth-order valence-electron chi connectivity index (χ4n) is 7.53. The van der Waals surface area contributed by atoms with E-state index in [0.717, 1.165) is 5.69 Å². The Kier molecular flexibility index (Phi) is 12.0. The van der Waals surface area contributed by atoms with Gasteiger partial charge in [-0.15, -0.1) is 11.3 Å². The lowest BCUT2D eigenvalue weighted by molar-refractivity contribution is -0.244. The number of hydrogen-bond acceptors (Lipinski definition) is 11. The number of aromatic nitrogens is 2. The van der Waals surface area contributed by atoms with Gasteiger partial charge in [0.05, 0.1) is 11.3 Å². The molecule has 0 spiro atoms. The molecule has 4 heterocycles. The van der Waals surface area contributed by atoms with E-state index < -0.39 is 85.9 Å². The monoisotopic (exact) mass is 852 g/mol. The normalized spacial score (nSPS) is 29.4. The Labute approximate surface area is 340 Å². The molecule has 4 amide bonds. The molecule has 0 radical (unpaired) electrons. The van der Waals surface area contributed by atoms with E-state index in [9.17, 15) is 40.8 Å². The average Bonchev–Trinajstić information content (AvgIpc) is 3.94. The van der Waals surface area contributed by atoms with Gasteiger partial charge in [-0.05, 0) is 84.1 Å². The molecule has 58 heavy (non-hydrogen) atoms. The summed E-state index contributed by atoms with van der Waals surface area (Å²) in [6, 6.07) is 0.588. The number of rotatable bonds is 9. The zero-order valence-corrected chi connectivity index (χ0v) is 35.0. The molecular weight excluding hydrogens is 802 g/mol. The van der Waals surface area contributed by atoms with Crippen LogP contribution in [0.2, 0.25) is 0 Å². The first kappa shape index (κ1) is 43.3. The summed E-state index contributed by atoms with van der Waals surface area (Å²) in [6.45, 7) is 8.39. The van der Waals surface area contributed by atoms with Gasteiger partial charge in [-0.3, -0.25) is 24.1 Å². The zero-order chi connectivity index (χ0) is 42.4. The van der Waals surface area contributed by atoms with E-state index in [4.69, 9.17) is 9.47 Å². The molecule has 7 atom stereocenters. The highest BCUT2D eigenvalue weighted by Crippen LogP contribution is 2.48. The SMILES string of the molecule is CC[C@@H]1C[C@H](C)CC/C=C\[C@@H]2C[C@@]2(C(=O)NS(=O)(=O)C2(C)CC2)NC(=O)[C@@H]2C[C@@H](Oc3ccnc(-c4nc(C)cs4)c3)CN2C(=O)[C@H]1NC(=O)OC(C)(C)C(F)(F)F. The van der Waals surface area contributed by atoms with Crippen LogP contribution in [0.25, 0.3) is 10.7 Å². The molecule has 2 aliphatic carbocycles. The van der Waals surface area contributed by atoms with Crippen molar-refractivity contribution in [2.75, 3.05) is 6.54 Å². The number of fused-ring (bicyclic) bond motifs is 2. The predicted octanol–water partition coefficient (Wildman–Crippen LogP) is 5.57. The Balaban J connectivity index is 1.34. The third-order valence-corrected chi connectivity index (χ3v) is 14.9. The molecule has 2 aromatic rings. The number of allylic oxidation sites excluding steroid dienone is 1. The van der Waals surface area contributed by atoms with E-state index in [-0.39, 0.29) is 25.3 Å². The molecule has 0 aromatic carbocycles. The van der Waals surface area contributed by atoms with Gasteiger partial charge in [-0.2, -0.15) is 13.2 Å². The van der Waals surface area contributed by atoms with Crippen LogP contribution in [0.4, 0.5) is 18.0 Å². The number of sulfonamides is 1. The van der Waals surface area contributed by atoms with Gasteiger partial charge in [0, 0.05) is 35.7 Å². The number of thiazole rings is 1. The topological polar surface area (TPSA) is 186 Å². The lowest BCUT2D eigenvalue weighted by Crippen LogP contribution is -2.60. The highest BCUT2D eigenvalue weighted by molar-refractivity contribution is 7.91. The Morgan fingerprint density at radius 2 is 1.90 bits per heavy atom. The number of aryl methyl sites for hydroxylation is 1. The van der Waals surface area contributed by atoms with Crippen LogP contribution >= 0.6 is 11.3 Å². The molecule has 6 rings (SSSR count). The lowest BCUT2D eigenvalue weighted by atomic mass is 9.85. The second-order valence-electron chi connectivity index (χ2n) is 16.8. The maximum Gasteiger partial charge on any atom is 0.427 e. The van der Waals surface area contributed by atoms with Crippen molar-refractivity contribution in [2.45, 2.75) is 133 Å². The molecule has 19 heteroatoms. The summed E-state index contributed by atoms with van der Waals surface area (Å²) in [5.41, 5.74) is -3.16. The van der Waals surface area contributed by atoms with Gasteiger partial charge in [0.2, 0.25) is 27.4 Å². The Morgan fingerprint density at radius 3 is 2.53 bits per heavy atom. The first-order valence-electron chi connectivity index (χ1n) is 19.6. The summed E-state index contributed by atoms with van der Waals surface area (Å²) in [5.74, 6) is -3.16. The minimum absolute atomic E-state index is 0.0242. The highest BCUT2D eigenvalue weighted by Gasteiger charge is 2.63. The summed E-state index contributed by atoms with van der Waals surface area (Å²) in [4.78, 5) is 66.6. The summed E-state index contributed by atoms with van der Waals surface area (Å²) >= 11 is 1.40. The number of carbonyl (C=O) groups is 4. The number of amides is 4. The quantitative estimate of drug-likeness (QED) is 0.269. The number of nitrogens with zero attached hydrogens (tertiary/aromatic N) is 3. The smallest absolute Gasteiger partial charge is 0.427 e. The molecule has 14 nitrogen and oxygen atoms in total. The molecule has 2 aromatic heterocycles. The van der Waals surface area contributed by atoms with E-state index in [1.54, 1.807) is 32.1 Å². The van der Waals surface area contributed by atoms with Crippen LogP contribution < -0.4 is 20.1 Å². The fourth-order valence-corrected chi connectivity index (χ4v) is 9.60. The predicted molar refractivity (Wildman–Crippen MR) is 208 cm³/mol. The van der Waals surface area contributed by atoms with E-state index in [1.165, 1.54) is 22.4 Å². The standard InChI is InChI=1S/C39H51F3N6O8S2/c1-7-24-16-22(2)10-8-9-11-25-19-38(25,34(51)47-58(53,54)37(6)13-14-37)46-31(49)29-18-27(55-26-12-15-43-28(17-26)32-44-23(3)21-57-32)20-48(29)33(50)30(24)45-35(52)56-36(4,5)39(40,41)42/h9,11-12,15,17,21-22,24-25,27,29-30H,7-8,10,13-14,16,18-20H2,1-6H3,(H,45,52)(H,46,49)(H,47,51)/b11-9-/t22-,24-,25-,27-,29+,30+,38-/m1/s1. The van der Waals surface area contributed by atoms with Crippen molar-refractivity contribution in [3.63, 3.8) is 0 Å². The van der Waals surface area contributed by atoms with E-state index in [1.807, 2.05) is 25.3 Å². The molecule has 4 aliphatic rings. The molecular formula is C39H51F3N6O8S2. The second kappa shape index (κ2) is 16.1. The third kappa shape index (κ3) is 9.14. The molecule has 0 bridgehead atoms. The average molecular weight is 853 g/mol. The molecule has 3 fully saturated rings. The summed E-state index contributed by atoms with van der Waals surface area (Å²) in [7, 11) is -4.07. The van der Waals surface area contributed by atoms with Gasteiger partial charge in [-0.25, -0.2) is 18.2 Å². The van der Waals surface area contributed by atoms with Crippen LogP contribution in [0, 0.1) is 24.7 Å². The molecule has 3 N–H and O–H groups in total. The Morgan fingerprint density at radius 1 is 1.17 bits per heavy atom.